The zero-order valence-corrected chi connectivity index (χ0v) is 14.8. The van der Waals surface area contributed by atoms with Gasteiger partial charge in [0.2, 0.25) is 0 Å². The molecule has 1 aliphatic rings. The van der Waals surface area contributed by atoms with Gasteiger partial charge < -0.3 is 15.2 Å². The predicted molar refractivity (Wildman–Crippen MR) is 101 cm³/mol. The molecule has 0 saturated heterocycles. The first-order valence-corrected chi connectivity index (χ1v) is 9.08. The largest absolute Gasteiger partial charge is 0.511 e. The van der Waals surface area contributed by atoms with Crippen molar-refractivity contribution in [1.29, 1.82) is 0 Å². The van der Waals surface area contributed by atoms with E-state index in [4.69, 9.17) is 4.74 Å². The zero-order valence-electron chi connectivity index (χ0n) is 14.8. The molecule has 0 heterocycles. The van der Waals surface area contributed by atoms with Crippen molar-refractivity contribution in [3.8, 4) is 0 Å². The Labute approximate surface area is 150 Å². The van der Waals surface area contributed by atoms with Gasteiger partial charge in [-0.05, 0) is 43.4 Å². The summed E-state index contributed by atoms with van der Waals surface area (Å²) in [4.78, 5) is 0. The van der Waals surface area contributed by atoms with Crippen LogP contribution in [0.4, 0.5) is 0 Å². The Morgan fingerprint density at radius 3 is 2.44 bits per heavy atom. The Kier molecular flexibility index (Phi) is 6.26. The molecule has 0 saturated carbocycles. The summed E-state index contributed by atoms with van der Waals surface area (Å²) in [5, 5.41) is 13.9. The van der Waals surface area contributed by atoms with Crippen molar-refractivity contribution in [3.05, 3.63) is 83.6 Å². The van der Waals surface area contributed by atoms with Gasteiger partial charge in [0.1, 0.15) is 5.76 Å². The van der Waals surface area contributed by atoms with Crippen molar-refractivity contribution in [1.82, 2.24) is 5.32 Å². The van der Waals surface area contributed by atoms with Gasteiger partial charge in [-0.1, -0.05) is 60.7 Å². The highest BCUT2D eigenvalue weighted by atomic mass is 16.5. The van der Waals surface area contributed by atoms with Gasteiger partial charge >= 0.3 is 0 Å². The molecule has 0 aliphatic heterocycles. The van der Waals surface area contributed by atoms with Gasteiger partial charge in [-0.15, -0.1) is 0 Å². The molecule has 132 valence electrons. The molecule has 0 radical (unpaired) electrons. The van der Waals surface area contributed by atoms with E-state index < -0.39 is 0 Å². The lowest BCUT2D eigenvalue weighted by Gasteiger charge is -2.23. The predicted octanol–water partition coefficient (Wildman–Crippen LogP) is 4.92. The van der Waals surface area contributed by atoms with Crippen molar-refractivity contribution >= 4 is 0 Å². The molecule has 0 unspecified atom stereocenters. The van der Waals surface area contributed by atoms with E-state index in [-0.39, 0.29) is 18.2 Å². The molecule has 1 aliphatic carbocycles. The summed E-state index contributed by atoms with van der Waals surface area (Å²) in [5.41, 5.74) is 2.42. The van der Waals surface area contributed by atoms with Gasteiger partial charge in [-0.25, -0.2) is 0 Å². The molecule has 3 heteroatoms. The van der Waals surface area contributed by atoms with Gasteiger partial charge in [0, 0.05) is 6.04 Å². The maximum absolute atomic E-state index is 10.4. The van der Waals surface area contributed by atoms with E-state index in [0.717, 1.165) is 19.3 Å². The molecular weight excluding hydrogens is 310 g/mol. The highest BCUT2D eigenvalue weighted by Crippen LogP contribution is 2.23. The second kappa shape index (κ2) is 8.84. The van der Waals surface area contributed by atoms with Gasteiger partial charge in [0.15, 0.2) is 0 Å². The van der Waals surface area contributed by atoms with Crippen LogP contribution in [0.5, 0.6) is 0 Å². The van der Waals surface area contributed by atoms with Crippen LogP contribution in [0, 0.1) is 0 Å². The fourth-order valence-corrected chi connectivity index (χ4v) is 3.26. The summed E-state index contributed by atoms with van der Waals surface area (Å²) >= 11 is 0. The van der Waals surface area contributed by atoms with E-state index in [0.29, 0.717) is 12.4 Å². The van der Waals surface area contributed by atoms with Gasteiger partial charge in [-0.2, -0.15) is 0 Å². The Hall–Kier alpha value is -2.10. The van der Waals surface area contributed by atoms with E-state index in [1.54, 1.807) is 0 Å². The molecule has 2 N–H and O–H groups in total. The Bertz CT molecular complexity index is 669. The fraction of sp³-hybridized carbons (Fsp3) is 0.364. The molecule has 2 aromatic carbocycles. The summed E-state index contributed by atoms with van der Waals surface area (Å²) in [6, 6.07) is 20.8. The maximum atomic E-state index is 10.4. The van der Waals surface area contributed by atoms with Crippen LogP contribution in [0.3, 0.4) is 0 Å². The van der Waals surface area contributed by atoms with Crippen LogP contribution >= 0.6 is 0 Å². The van der Waals surface area contributed by atoms with Crippen LogP contribution in [0.15, 0.2) is 72.5 Å². The lowest BCUT2D eigenvalue weighted by molar-refractivity contribution is 0.0360. The monoisotopic (exact) mass is 337 g/mol. The maximum Gasteiger partial charge on any atom is 0.105 e. The smallest absolute Gasteiger partial charge is 0.105 e. The van der Waals surface area contributed by atoms with Crippen LogP contribution < -0.4 is 5.32 Å². The molecule has 0 aromatic heterocycles. The summed E-state index contributed by atoms with van der Waals surface area (Å²) in [6.07, 6.45) is 4.64. The van der Waals surface area contributed by atoms with Crippen LogP contribution in [0.25, 0.3) is 0 Å². The van der Waals surface area contributed by atoms with Gasteiger partial charge in [-0.3, -0.25) is 0 Å². The van der Waals surface area contributed by atoms with E-state index in [9.17, 15) is 5.11 Å². The van der Waals surface area contributed by atoms with Crippen LogP contribution in [-0.4, -0.2) is 17.3 Å². The minimum Gasteiger partial charge on any atom is -0.511 e. The average Bonchev–Trinajstić information content (AvgIpc) is 2.84. The number of ether oxygens (including phenoxy) is 1. The number of aliphatic hydroxyl groups is 1. The SMILES string of the molecule is C[C@H](N[C@@H]1CC[C@@H](OCc2ccccc2)CC=C1O)c1ccccc1. The average molecular weight is 337 g/mol. The van der Waals surface area contributed by atoms with E-state index in [1.807, 2.05) is 42.5 Å². The lowest BCUT2D eigenvalue weighted by atomic mass is 10.0. The van der Waals surface area contributed by atoms with Gasteiger partial charge in [0.05, 0.1) is 18.8 Å². The molecule has 0 bridgehead atoms. The molecule has 0 spiro atoms. The third-order valence-corrected chi connectivity index (χ3v) is 4.80. The quantitative estimate of drug-likeness (QED) is 0.786. The lowest BCUT2D eigenvalue weighted by Crippen LogP contribution is -2.33. The van der Waals surface area contributed by atoms with E-state index in [1.165, 1.54) is 11.1 Å². The highest BCUT2D eigenvalue weighted by molar-refractivity contribution is 5.19. The first-order valence-electron chi connectivity index (χ1n) is 9.08. The number of nitrogens with one attached hydrogen (secondary N) is 1. The van der Waals surface area contributed by atoms with Gasteiger partial charge in [0.25, 0.3) is 0 Å². The first-order chi connectivity index (χ1) is 12.2. The van der Waals surface area contributed by atoms with E-state index in [2.05, 4.69) is 36.5 Å². The minimum atomic E-state index is -0.0134. The number of rotatable bonds is 6. The fourth-order valence-electron chi connectivity index (χ4n) is 3.26. The van der Waals surface area contributed by atoms with Crippen LogP contribution in [-0.2, 0) is 11.3 Å². The summed E-state index contributed by atoms with van der Waals surface area (Å²) < 4.78 is 6.05. The summed E-state index contributed by atoms with van der Waals surface area (Å²) in [5.74, 6) is 0.439. The third-order valence-electron chi connectivity index (χ3n) is 4.80. The minimum absolute atomic E-state index is 0.0134. The normalized spacial score (nSPS) is 22.0. The Morgan fingerprint density at radius 1 is 1.04 bits per heavy atom. The van der Waals surface area contributed by atoms with Crippen molar-refractivity contribution in [2.45, 2.75) is 51.0 Å². The Balaban J connectivity index is 1.53. The topological polar surface area (TPSA) is 41.5 Å². The number of hydrogen-bond acceptors (Lipinski definition) is 3. The van der Waals surface area contributed by atoms with Crippen molar-refractivity contribution < 1.29 is 9.84 Å². The molecular formula is C22H27NO2. The molecule has 0 amide bonds. The zero-order chi connectivity index (χ0) is 17.5. The second-order valence-corrected chi connectivity index (χ2v) is 6.71. The number of aliphatic hydroxyl groups excluding tert-OH is 1. The van der Waals surface area contributed by atoms with Crippen LogP contribution in [0.1, 0.15) is 43.4 Å². The van der Waals surface area contributed by atoms with E-state index >= 15 is 0 Å². The standard InChI is InChI=1S/C22H27NO2/c1-17(19-10-6-3-7-11-19)23-21-14-12-20(13-15-22(21)24)25-16-18-8-4-2-5-9-18/h2-11,15,17,20-21,23-24H,12-14,16H2,1H3/t17-,20+,21+/m0/s1. The molecule has 2 aromatic rings. The van der Waals surface area contributed by atoms with Crippen LogP contribution in [0.2, 0.25) is 0 Å². The second-order valence-electron chi connectivity index (χ2n) is 6.71. The Morgan fingerprint density at radius 2 is 1.72 bits per heavy atom. The number of benzene rings is 2. The van der Waals surface area contributed by atoms with Crippen molar-refractivity contribution in [3.63, 3.8) is 0 Å². The van der Waals surface area contributed by atoms with Crippen molar-refractivity contribution in [2.75, 3.05) is 0 Å². The van der Waals surface area contributed by atoms with Crippen molar-refractivity contribution in [2.24, 2.45) is 0 Å². The molecule has 0 fully saturated rings. The first kappa shape index (κ1) is 17.7. The molecule has 3 atom stereocenters. The summed E-state index contributed by atoms with van der Waals surface area (Å²) in [7, 11) is 0. The molecule has 3 rings (SSSR count). The summed E-state index contributed by atoms with van der Waals surface area (Å²) in [6.45, 7) is 2.76. The number of hydrogen-bond donors (Lipinski definition) is 2. The molecule has 3 nitrogen and oxygen atoms in total. The molecule has 25 heavy (non-hydrogen) atoms. The highest BCUT2D eigenvalue weighted by Gasteiger charge is 2.23. The third kappa shape index (κ3) is 5.18.